The topological polar surface area (TPSA) is 27.7 Å². The van der Waals surface area contributed by atoms with E-state index in [4.69, 9.17) is 14.2 Å². The maximum atomic E-state index is 5.95. The SMILES string of the molecule is Ic1ccc(C23OCC(C4CC4)(CO2)CO3)cc1. The fourth-order valence-corrected chi connectivity index (χ4v) is 3.28. The van der Waals surface area contributed by atoms with Crippen molar-refractivity contribution in [1.82, 2.24) is 0 Å². The van der Waals surface area contributed by atoms with Gasteiger partial charge in [0.05, 0.1) is 19.8 Å². The van der Waals surface area contributed by atoms with Gasteiger partial charge in [-0.1, -0.05) is 0 Å². The smallest absolute Gasteiger partial charge is 0.312 e. The van der Waals surface area contributed by atoms with Crippen molar-refractivity contribution in [1.29, 1.82) is 0 Å². The summed E-state index contributed by atoms with van der Waals surface area (Å²) >= 11 is 2.29. The summed E-state index contributed by atoms with van der Waals surface area (Å²) in [4.78, 5) is 0. The minimum Gasteiger partial charge on any atom is -0.323 e. The number of fused-ring (bicyclic) bond motifs is 3. The summed E-state index contributed by atoms with van der Waals surface area (Å²) in [6.07, 6.45) is 2.60. The molecule has 0 aromatic heterocycles. The first-order chi connectivity index (χ1) is 8.73. The van der Waals surface area contributed by atoms with Crippen molar-refractivity contribution in [2.45, 2.75) is 18.8 Å². The van der Waals surface area contributed by atoms with Crippen molar-refractivity contribution in [2.24, 2.45) is 11.3 Å². The zero-order chi connectivity index (χ0) is 12.2. The molecule has 0 atom stereocenters. The van der Waals surface area contributed by atoms with Crippen molar-refractivity contribution in [3.05, 3.63) is 33.4 Å². The second kappa shape index (κ2) is 3.91. The van der Waals surface area contributed by atoms with Crippen LogP contribution in [0.1, 0.15) is 18.4 Å². The van der Waals surface area contributed by atoms with E-state index in [1.54, 1.807) is 0 Å². The molecule has 1 aliphatic carbocycles. The van der Waals surface area contributed by atoms with Gasteiger partial charge in [0.1, 0.15) is 0 Å². The first-order valence-corrected chi connectivity index (χ1v) is 7.48. The summed E-state index contributed by atoms with van der Waals surface area (Å²) < 4.78 is 19.0. The zero-order valence-electron chi connectivity index (χ0n) is 10.0. The first-order valence-electron chi connectivity index (χ1n) is 6.40. The van der Waals surface area contributed by atoms with Gasteiger partial charge in [-0.05, 0) is 65.6 Å². The average Bonchev–Trinajstić information content (AvgIpc) is 3.26. The molecule has 0 radical (unpaired) electrons. The van der Waals surface area contributed by atoms with Gasteiger partial charge in [0.15, 0.2) is 0 Å². The number of benzene rings is 1. The molecule has 4 fully saturated rings. The Morgan fingerprint density at radius 2 is 1.50 bits per heavy atom. The van der Waals surface area contributed by atoms with Gasteiger partial charge in [0, 0.05) is 14.5 Å². The highest BCUT2D eigenvalue weighted by Crippen LogP contribution is 2.54. The third kappa shape index (κ3) is 1.66. The molecule has 4 heteroatoms. The monoisotopic (exact) mass is 358 g/mol. The summed E-state index contributed by atoms with van der Waals surface area (Å²) in [7, 11) is 0. The molecule has 0 amide bonds. The van der Waals surface area contributed by atoms with Gasteiger partial charge >= 0.3 is 5.97 Å². The molecule has 1 aromatic rings. The Morgan fingerprint density at radius 1 is 0.944 bits per heavy atom. The summed E-state index contributed by atoms with van der Waals surface area (Å²) in [6.45, 7) is 2.30. The second-order valence-corrected chi connectivity index (χ2v) is 6.81. The Morgan fingerprint density at radius 3 is 2.00 bits per heavy atom. The highest BCUT2D eigenvalue weighted by atomic mass is 127. The maximum absolute atomic E-state index is 5.95. The van der Waals surface area contributed by atoms with E-state index in [1.807, 2.05) is 12.1 Å². The third-order valence-electron chi connectivity index (χ3n) is 4.29. The van der Waals surface area contributed by atoms with E-state index in [0.29, 0.717) is 0 Å². The summed E-state index contributed by atoms with van der Waals surface area (Å²) in [5.74, 6) is -0.200. The average molecular weight is 358 g/mol. The van der Waals surface area contributed by atoms with Crippen LogP contribution in [0.25, 0.3) is 0 Å². The lowest BCUT2D eigenvalue weighted by Crippen LogP contribution is -2.59. The van der Waals surface area contributed by atoms with Gasteiger partial charge in [-0.15, -0.1) is 0 Å². The molecule has 3 nitrogen and oxygen atoms in total. The molecule has 2 bridgehead atoms. The van der Waals surface area contributed by atoms with E-state index in [1.165, 1.54) is 16.4 Å². The molecule has 4 aliphatic rings. The number of hydrogen-bond donors (Lipinski definition) is 0. The van der Waals surface area contributed by atoms with E-state index in [-0.39, 0.29) is 5.41 Å². The Balaban J connectivity index is 1.62. The van der Waals surface area contributed by atoms with Crippen LogP contribution in [0, 0.1) is 14.9 Å². The second-order valence-electron chi connectivity index (χ2n) is 5.57. The lowest BCUT2D eigenvalue weighted by Gasteiger charge is -2.52. The summed E-state index contributed by atoms with van der Waals surface area (Å²) in [5.41, 5.74) is 1.09. The molecule has 96 valence electrons. The number of hydrogen-bond acceptors (Lipinski definition) is 3. The Bertz CT molecular complexity index is 442. The van der Waals surface area contributed by atoms with Crippen LogP contribution in [0.3, 0.4) is 0 Å². The van der Waals surface area contributed by atoms with Gasteiger partial charge in [-0.25, -0.2) is 0 Å². The van der Waals surface area contributed by atoms with Gasteiger partial charge in [0.25, 0.3) is 0 Å². The summed E-state index contributed by atoms with van der Waals surface area (Å²) in [6, 6.07) is 8.16. The first kappa shape index (κ1) is 11.6. The molecule has 1 aromatic carbocycles. The Kier molecular flexibility index (Phi) is 2.53. The van der Waals surface area contributed by atoms with Crippen LogP contribution in [0.5, 0.6) is 0 Å². The van der Waals surface area contributed by atoms with Crippen molar-refractivity contribution >= 4 is 22.6 Å². The Hall–Kier alpha value is -0.170. The van der Waals surface area contributed by atoms with Crippen molar-refractivity contribution < 1.29 is 14.2 Å². The quantitative estimate of drug-likeness (QED) is 0.761. The van der Waals surface area contributed by atoms with Crippen LogP contribution in [0.2, 0.25) is 0 Å². The molecule has 3 saturated heterocycles. The van der Waals surface area contributed by atoms with Crippen molar-refractivity contribution in [2.75, 3.05) is 19.8 Å². The summed E-state index contributed by atoms with van der Waals surface area (Å²) in [5, 5.41) is 0. The molecule has 3 aliphatic heterocycles. The maximum Gasteiger partial charge on any atom is 0.312 e. The minimum atomic E-state index is -0.943. The van der Waals surface area contributed by atoms with E-state index in [0.717, 1.165) is 31.3 Å². The molecule has 0 spiro atoms. The highest BCUT2D eigenvalue weighted by molar-refractivity contribution is 14.1. The van der Waals surface area contributed by atoms with Gasteiger partial charge < -0.3 is 14.2 Å². The van der Waals surface area contributed by atoms with E-state index < -0.39 is 5.97 Å². The largest absolute Gasteiger partial charge is 0.323 e. The van der Waals surface area contributed by atoms with Gasteiger partial charge in [0.2, 0.25) is 0 Å². The molecule has 3 heterocycles. The predicted molar refractivity (Wildman–Crippen MR) is 73.9 cm³/mol. The predicted octanol–water partition coefficient (Wildman–Crippen LogP) is 2.87. The molecule has 1 saturated carbocycles. The van der Waals surface area contributed by atoms with Gasteiger partial charge in [-0.3, -0.25) is 0 Å². The minimum absolute atomic E-state index is 0.130. The van der Waals surface area contributed by atoms with Gasteiger partial charge in [-0.2, -0.15) is 0 Å². The molecule has 0 unspecified atom stereocenters. The lowest BCUT2D eigenvalue weighted by atomic mass is 9.83. The van der Waals surface area contributed by atoms with E-state index >= 15 is 0 Å². The number of rotatable bonds is 2. The zero-order valence-corrected chi connectivity index (χ0v) is 12.2. The van der Waals surface area contributed by atoms with Crippen LogP contribution in [-0.2, 0) is 20.2 Å². The molecular formula is C14H15IO3. The number of ether oxygens (including phenoxy) is 3. The highest BCUT2D eigenvalue weighted by Gasteiger charge is 2.58. The van der Waals surface area contributed by atoms with Crippen LogP contribution < -0.4 is 0 Å². The lowest BCUT2D eigenvalue weighted by molar-refractivity contribution is -0.482. The Labute approximate surface area is 120 Å². The van der Waals surface area contributed by atoms with E-state index in [2.05, 4.69) is 34.7 Å². The van der Waals surface area contributed by atoms with Crippen LogP contribution in [-0.4, -0.2) is 19.8 Å². The molecule has 18 heavy (non-hydrogen) atoms. The van der Waals surface area contributed by atoms with Crippen LogP contribution in [0.15, 0.2) is 24.3 Å². The van der Waals surface area contributed by atoms with Crippen molar-refractivity contribution in [3.8, 4) is 0 Å². The van der Waals surface area contributed by atoms with Crippen molar-refractivity contribution in [3.63, 3.8) is 0 Å². The van der Waals surface area contributed by atoms with Crippen LogP contribution >= 0.6 is 22.6 Å². The number of halogens is 1. The fourth-order valence-electron chi connectivity index (χ4n) is 2.92. The standard InChI is InChI=1S/C14H15IO3/c15-12-5-3-11(4-6-12)14-16-7-13(8-17-14,9-18-14)10-1-2-10/h3-6,10H,1-2,7-9H2. The molecular weight excluding hydrogens is 343 g/mol. The molecule has 5 rings (SSSR count). The third-order valence-corrected chi connectivity index (χ3v) is 5.01. The fraction of sp³-hybridized carbons (Fsp3) is 0.571. The van der Waals surface area contributed by atoms with Crippen LogP contribution in [0.4, 0.5) is 0 Å². The molecule has 0 N–H and O–H groups in total. The van der Waals surface area contributed by atoms with E-state index in [9.17, 15) is 0 Å². The normalized spacial score (nSPS) is 38.9.